The molecule has 0 radical (unpaired) electrons. The highest BCUT2D eigenvalue weighted by atomic mass is 14.9. The van der Waals surface area contributed by atoms with E-state index < -0.39 is 0 Å². The monoisotopic (exact) mass is 225 g/mol. The molecule has 17 heavy (non-hydrogen) atoms. The number of benzene rings is 1. The standard InChI is InChI=1S/C14H15N3/c1-8-4-5-11(6-9(8)2)13-10(3)12(7-15)14(16)17-13/h4-6,17H,16H2,1-3H3. The Balaban J connectivity index is 2.62. The molecule has 0 saturated carbocycles. The van der Waals surface area contributed by atoms with Crippen molar-refractivity contribution in [3.05, 3.63) is 40.5 Å². The van der Waals surface area contributed by atoms with E-state index in [1.165, 1.54) is 11.1 Å². The second-order valence-electron chi connectivity index (χ2n) is 4.32. The minimum absolute atomic E-state index is 0.443. The summed E-state index contributed by atoms with van der Waals surface area (Å²) < 4.78 is 0. The Labute approximate surface area is 101 Å². The Morgan fingerprint density at radius 3 is 2.41 bits per heavy atom. The highest BCUT2D eigenvalue weighted by Gasteiger charge is 2.13. The Bertz CT molecular complexity index is 615. The summed E-state index contributed by atoms with van der Waals surface area (Å²) in [6, 6.07) is 8.35. The number of nitrogens with zero attached hydrogens (tertiary/aromatic N) is 1. The molecule has 0 bridgehead atoms. The topological polar surface area (TPSA) is 65.6 Å². The van der Waals surface area contributed by atoms with Crippen LogP contribution in [0.2, 0.25) is 0 Å². The number of aromatic amines is 1. The molecule has 0 fully saturated rings. The van der Waals surface area contributed by atoms with Gasteiger partial charge >= 0.3 is 0 Å². The van der Waals surface area contributed by atoms with Crippen LogP contribution in [-0.2, 0) is 0 Å². The Morgan fingerprint density at radius 1 is 1.18 bits per heavy atom. The van der Waals surface area contributed by atoms with Gasteiger partial charge in [0.25, 0.3) is 0 Å². The number of rotatable bonds is 1. The van der Waals surface area contributed by atoms with E-state index in [-0.39, 0.29) is 0 Å². The summed E-state index contributed by atoms with van der Waals surface area (Å²) in [5.74, 6) is 0.443. The molecular formula is C14H15N3. The molecule has 0 amide bonds. The number of nitriles is 1. The van der Waals surface area contributed by atoms with Crippen molar-refractivity contribution in [3.8, 4) is 17.3 Å². The van der Waals surface area contributed by atoms with Crippen LogP contribution in [0.25, 0.3) is 11.3 Å². The van der Waals surface area contributed by atoms with Crippen molar-refractivity contribution in [1.82, 2.24) is 4.98 Å². The molecule has 0 saturated heterocycles. The number of nitrogens with one attached hydrogen (secondary N) is 1. The molecule has 1 aromatic heterocycles. The first-order chi connectivity index (χ1) is 8.04. The van der Waals surface area contributed by atoms with Gasteiger partial charge in [-0.2, -0.15) is 5.26 Å². The summed E-state index contributed by atoms with van der Waals surface area (Å²) in [5, 5.41) is 9.01. The molecule has 3 nitrogen and oxygen atoms in total. The number of nitrogen functional groups attached to an aromatic ring is 1. The highest BCUT2D eigenvalue weighted by Crippen LogP contribution is 2.29. The number of anilines is 1. The lowest BCUT2D eigenvalue weighted by Crippen LogP contribution is -1.87. The molecule has 0 aliphatic carbocycles. The molecule has 2 aromatic rings. The maximum absolute atomic E-state index is 9.01. The van der Waals surface area contributed by atoms with Crippen LogP contribution in [0.4, 0.5) is 5.82 Å². The van der Waals surface area contributed by atoms with Crippen LogP contribution >= 0.6 is 0 Å². The van der Waals surface area contributed by atoms with Crippen molar-refractivity contribution < 1.29 is 0 Å². The van der Waals surface area contributed by atoms with Gasteiger partial charge in [0.05, 0.1) is 11.3 Å². The Hall–Kier alpha value is -2.21. The third-order valence-corrected chi connectivity index (χ3v) is 3.19. The second kappa shape index (κ2) is 3.99. The van der Waals surface area contributed by atoms with Crippen LogP contribution in [0.5, 0.6) is 0 Å². The third-order valence-electron chi connectivity index (χ3n) is 3.19. The van der Waals surface area contributed by atoms with E-state index in [0.29, 0.717) is 11.4 Å². The van der Waals surface area contributed by atoms with E-state index in [9.17, 15) is 0 Å². The van der Waals surface area contributed by atoms with Crippen LogP contribution in [0, 0.1) is 32.1 Å². The first-order valence-electron chi connectivity index (χ1n) is 5.50. The van der Waals surface area contributed by atoms with Gasteiger partial charge in [0.1, 0.15) is 11.9 Å². The zero-order chi connectivity index (χ0) is 12.6. The van der Waals surface area contributed by atoms with Crippen LogP contribution in [-0.4, -0.2) is 4.98 Å². The maximum Gasteiger partial charge on any atom is 0.119 e. The predicted molar refractivity (Wildman–Crippen MR) is 69.6 cm³/mol. The van der Waals surface area contributed by atoms with Gasteiger partial charge < -0.3 is 10.7 Å². The van der Waals surface area contributed by atoms with E-state index in [2.05, 4.69) is 37.0 Å². The molecule has 3 N–H and O–H groups in total. The van der Waals surface area contributed by atoms with Crippen molar-refractivity contribution in [3.63, 3.8) is 0 Å². The molecule has 1 heterocycles. The third kappa shape index (κ3) is 1.78. The molecule has 2 rings (SSSR count). The SMILES string of the molecule is Cc1ccc(-c2[nH]c(N)c(C#N)c2C)cc1C. The zero-order valence-electron chi connectivity index (χ0n) is 10.3. The fourth-order valence-corrected chi connectivity index (χ4v) is 1.95. The quantitative estimate of drug-likeness (QED) is 0.783. The van der Waals surface area contributed by atoms with Gasteiger partial charge in [0.15, 0.2) is 0 Å². The summed E-state index contributed by atoms with van der Waals surface area (Å²) in [5.41, 5.74) is 11.7. The smallest absolute Gasteiger partial charge is 0.119 e. The van der Waals surface area contributed by atoms with Crippen LogP contribution < -0.4 is 5.73 Å². The highest BCUT2D eigenvalue weighted by molar-refractivity contribution is 5.73. The van der Waals surface area contributed by atoms with E-state index in [1.54, 1.807) is 0 Å². The molecule has 86 valence electrons. The van der Waals surface area contributed by atoms with Gasteiger partial charge in [-0.05, 0) is 49.1 Å². The normalized spacial score (nSPS) is 10.2. The summed E-state index contributed by atoms with van der Waals surface area (Å²) in [7, 11) is 0. The average molecular weight is 225 g/mol. The molecule has 0 spiro atoms. The lowest BCUT2D eigenvalue weighted by molar-refractivity contribution is 1.31. The number of hydrogen-bond acceptors (Lipinski definition) is 2. The fraction of sp³-hybridized carbons (Fsp3) is 0.214. The van der Waals surface area contributed by atoms with Crippen LogP contribution in [0.1, 0.15) is 22.3 Å². The Kier molecular flexibility index (Phi) is 2.64. The lowest BCUT2D eigenvalue weighted by Gasteiger charge is -2.04. The summed E-state index contributed by atoms with van der Waals surface area (Å²) in [4.78, 5) is 3.08. The summed E-state index contributed by atoms with van der Waals surface area (Å²) in [6.07, 6.45) is 0. The van der Waals surface area contributed by atoms with E-state index in [1.807, 2.05) is 13.0 Å². The number of hydrogen-bond donors (Lipinski definition) is 2. The van der Waals surface area contributed by atoms with Crippen molar-refractivity contribution >= 4 is 5.82 Å². The summed E-state index contributed by atoms with van der Waals surface area (Å²) in [6.45, 7) is 6.07. The summed E-state index contributed by atoms with van der Waals surface area (Å²) >= 11 is 0. The maximum atomic E-state index is 9.01. The molecular weight excluding hydrogens is 210 g/mol. The van der Waals surface area contributed by atoms with Crippen LogP contribution in [0.3, 0.4) is 0 Å². The van der Waals surface area contributed by atoms with Crippen molar-refractivity contribution in [1.29, 1.82) is 5.26 Å². The molecule has 0 unspecified atom stereocenters. The van der Waals surface area contributed by atoms with Gasteiger partial charge in [-0.1, -0.05) is 12.1 Å². The van der Waals surface area contributed by atoms with Gasteiger partial charge in [-0.25, -0.2) is 0 Å². The zero-order valence-corrected chi connectivity index (χ0v) is 10.3. The minimum Gasteiger partial charge on any atom is -0.384 e. The number of H-pyrrole nitrogens is 1. The lowest BCUT2D eigenvalue weighted by atomic mass is 10.0. The first-order valence-corrected chi connectivity index (χ1v) is 5.50. The average Bonchev–Trinajstić information content (AvgIpc) is 2.58. The van der Waals surface area contributed by atoms with Gasteiger partial charge in [-0.3, -0.25) is 0 Å². The largest absolute Gasteiger partial charge is 0.384 e. The molecule has 0 aliphatic heterocycles. The van der Waals surface area contributed by atoms with E-state index >= 15 is 0 Å². The van der Waals surface area contributed by atoms with E-state index in [0.717, 1.165) is 16.8 Å². The van der Waals surface area contributed by atoms with E-state index in [4.69, 9.17) is 11.0 Å². The van der Waals surface area contributed by atoms with Crippen LogP contribution in [0.15, 0.2) is 18.2 Å². The number of aromatic nitrogens is 1. The Morgan fingerprint density at radius 2 is 1.88 bits per heavy atom. The molecule has 3 heteroatoms. The van der Waals surface area contributed by atoms with Gasteiger partial charge in [-0.15, -0.1) is 0 Å². The van der Waals surface area contributed by atoms with Crippen molar-refractivity contribution in [2.24, 2.45) is 0 Å². The first kappa shape index (κ1) is 11.3. The predicted octanol–water partition coefficient (Wildman–Crippen LogP) is 3.06. The molecule has 0 aliphatic rings. The molecule has 0 atom stereocenters. The second-order valence-corrected chi connectivity index (χ2v) is 4.32. The van der Waals surface area contributed by atoms with Gasteiger partial charge in [0.2, 0.25) is 0 Å². The molecule has 1 aromatic carbocycles. The van der Waals surface area contributed by atoms with Gasteiger partial charge in [0, 0.05) is 0 Å². The fourth-order valence-electron chi connectivity index (χ4n) is 1.95. The minimum atomic E-state index is 0.443. The number of nitrogens with two attached hydrogens (primary N) is 1. The van der Waals surface area contributed by atoms with Crippen molar-refractivity contribution in [2.45, 2.75) is 20.8 Å². The van der Waals surface area contributed by atoms with Crippen molar-refractivity contribution in [2.75, 3.05) is 5.73 Å². The number of aryl methyl sites for hydroxylation is 2.